The first kappa shape index (κ1) is 19.8. The highest BCUT2D eigenvalue weighted by Gasteiger charge is 2.19. The molecule has 0 saturated carbocycles. The summed E-state index contributed by atoms with van der Waals surface area (Å²) in [6, 6.07) is 13.6. The molecular weight excluding hydrogens is 356 g/mol. The number of carbonyl (C=O) groups is 1. The molecule has 3 rings (SSSR count). The Hall–Kier alpha value is -2.99. The lowest BCUT2D eigenvalue weighted by Gasteiger charge is -2.21. The van der Waals surface area contributed by atoms with Crippen molar-refractivity contribution in [3.8, 4) is 17.2 Å². The number of amides is 1. The minimum atomic E-state index is -0.149. The quantitative estimate of drug-likeness (QED) is 0.711. The Bertz CT molecular complexity index is 817. The van der Waals surface area contributed by atoms with Gasteiger partial charge in [0, 0.05) is 6.08 Å². The Kier molecular flexibility index (Phi) is 6.55. The van der Waals surface area contributed by atoms with Crippen molar-refractivity contribution in [1.82, 2.24) is 5.32 Å². The summed E-state index contributed by atoms with van der Waals surface area (Å²) in [6.07, 6.45) is 3.28. The van der Waals surface area contributed by atoms with Crippen molar-refractivity contribution < 1.29 is 23.9 Å². The molecule has 2 aromatic rings. The molecule has 0 spiro atoms. The molecule has 0 radical (unpaired) electrons. The van der Waals surface area contributed by atoms with Crippen LogP contribution < -0.4 is 24.4 Å². The van der Waals surface area contributed by atoms with Crippen LogP contribution in [0.4, 0.5) is 0 Å². The van der Waals surface area contributed by atoms with E-state index in [9.17, 15) is 4.79 Å². The molecule has 1 atom stereocenters. The van der Waals surface area contributed by atoms with Crippen LogP contribution in [0.15, 0.2) is 48.5 Å². The number of quaternary nitrogens is 1. The number of carbonyl (C=O) groups excluding carboxylic acids is 1. The van der Waals surface area contributed by atoms with E-state index >= 15 is 0 Å². The van der Waals surface area contributed by atoms with Crippen molar-refractivity contribution in [2.75, 3.05) is 41.0 Å². The van der Waals surface area contributed by atoms with Crippen LogP contribution in [0, 0.1) is 0 Å². The summed E-state index contributed by atoms with van der Waals surface area (Å²) in [5.41, 5.74) is 1.90. The molecule has 0 aromatic heterocycles. The monoisotopic (exact) mass is 383 g/mol. The zero-order valence-corrected chi connectivity index (χ0v) is 16.5. The third-order valence-electron chi connectivity index (χ3n) is 4.41. The molecule has 1 aliphatic rings. The van der Waals surface area contributed by atoms with Gasteiger partial charge in [-0.2, -0.15) is 0 Å². The van der Waals surface area contributed by atoms with E-state index in [0.717, 1.165) is 17.7 Å². The minimum Gasteiger partial charge on any atom is -0.493 e. The van der Waals surface area contributed by atoms with Gasteiger partial charge in [-0.25, -0.2) is 0 Å². The van der Waals surface area contributed by atoms with E-state index in [2.05, 4.69) is 19.4 Å². The number of hydrogen-bond acceptors (Lipinski definition) is 4. The Labute approximate surface area is 165 Å². The lowest BCUT2D eigenvalue weighted by molar-refractivity contribution is -0.860. The van der Waals surface area contributed by atoms with E-state index in [-0.39, 0.29) is 11.9 Å². The van der Waals surface area contributed by atoms with Gasteiger partial charge in [-0.3, -0.25) is 4.79 Å². The van der Waals surface area contributed by atoms with E-state index in [1.165, 1.54) is 11.0 Å². The van der Waals surface area contributed by atoms with Crippen LogP contribution >= 0.6 is 0 Å². The van der Waals surface area contributed by atoms with Crippen molar-refractivity contribution in [3.05, 3.63) is 59.7 Å². The fourth-order valence-corrected chi connectivity index (χ4v) is 3.13. The van der Waals surface area contributed by atoms with Crippen LogP contribution in [0.2, 0.25) is 0 Å². The van der Waals surface area contributed by atoms with Crippen LogP contribution in [0.3, 0.4) is 0 Å². The minimum absolute atomic E-state index is 0.0573. The molecule has 0 bridgehead atoms. The molecule has 0 fully saturated rings. The van der Waals surface area contributed by atoms with Gasteiger partial charge < -0.3 is 24.4 Å². The second-order valence-corrected chi connectivity index (χ2v) is 6.96. The molecule has 1 heterocycles. The van der Waals surface area contributed by atoms with Crippen LogP contribution in [-0.2, 0) is 4.79 Å². The molecule has 0 saturated heterocycles. The lowest BCUT2D eigenvalue weighted by atomic mass is 10.1. The Morgan fingerprint density at radius 3 is 2.68 bits per heavy atom. The summed E-state index contributed by atoms with van der Waals surface area (Å²) in [4.78, 5) is 13.8. The summed E-state index contributed by atoms with van der Waals surface area (Å²) in [6.45, 7) is 1.78. The second-order valence-electron chi connectivity index (χ2n) is 6.96. The van der Waals surface area contributed by atoms with Crippen LogP contribution in [0.1, 0.15) is 17.2 Å². The van der Waals surface area contributed by atoms with Crippen molar-refractivity contribution in [3.63, 3.8) is 0 Å². The lowest BCUT2D eigenvalue weighted by Crippen LogP contribution is -3.06. The highest BCUT2D eigenvalue weighted by Crippen LogP contribution is 2.40. The predicted molar refractivity (Wildman–Crippen MR) is 108 cm³/mol. The molecule has 2 aromatic carbocycles. The molecule has 0 aliphatic carbocycles. The fourth-order valence-electron chi connectivity index (χ4n) is 3.13. The molecule has 2 N–H and O–H groups in total. The SMILES string of the molecule is COc1cc(/C=C/C(=O)N[C@@H](C[NH+](C)C)c2ccccc2)cc2c1OCCO2. The van der Waals surface area contributed by atoms with Gasteiger partial charge in [-0.05, 0) is 29.3 Å². The van der Waals surface area contributed by atoms with Crippen molar-refractivity contribution in [1.29, 1.82) is 0 Å². The van der Waals surface area contributed by atoms with Gasteiger partial charge in [0.15, 0.2) is 11.5 Å². The second kappa shape index (κ2) is 9.28. The van der Waals surface area contributed by atoms with Crippen LogP contribution in [0.25, 0.3) is 6.08 Å². The van der Waals surface area contributed by atoms with Gasteiger partial charge in [-0.1, -0.05) is 30.3 Å². The highest BCUT2D eigenvalue weighted by atomic mass is 16.6. The van der Waals surface area contributed by atoms with E-state index in [4.69, 9.17) is 14.2 Å². The number of likely N-dealkylation sites (N-methyl/N-ethyl adjacent to an activating group) is 1. The number of methoxy groups -OCH3 is 1. The predicted octanol–water partition coefficient (Wildman–Crippen LogP) is 1.48. The van der Waals surface area contributed by atoms with E-state index in [1.807, 2.05) is 42.5 Å². The first-order valence-corrected chi connectivity index (χ1v) is 9.37. The standard InChI is InChI=1S/C22H26N2O4/c1-24(2)15-18(17-7-5-4-6-8-17)23-21(25)10-9-16-13-19(26-3)22-20(14-16)27-11-12-28-22/h4-10,13-14,18H,11-12,15H2,1-3H3,(H,23,25)/p+1/b10-9+/t18-/m0/s1. The molecule has 1 amide bonds. The molecule has 6 nitrogen and oxygen atoms in total. The first-order chi connectivity index (χ1) is 13.6. The number of rotatable bonds is 7. The number of hydrogen-bond donors (Lipinski definition) is 2. The summed E-state index contributed by atoms with van der Waals surface area (Å²) in [5.74, 6) is 1.68. The van der Waals surface area contributed by atoms with Gasteiger partial charge >= 0.3 is 0 Å². The number of ether oxygens (including phenoxy) is 3. The average molecular weight is 383 g/mol. The number of benzene rings is 2. The topological polar surface area (TPSA) is 61.2 Å². The van der Waals surface area contributed by atoms with Crippen LogP contribution in [0.5, 0.6) is 17.2 Å². The maximum Gasteiger partial charge on any atom is 0.244 e. The fraction of sp³-hybridized carbons (Fsp3) is 0.318. The Balaban J connectivity index is 1.73. The largest absolute Gasteiger partial charge is 0.493 e. The van der Waals surface area contributed by atoms with Gasteiger partial charge in [0.2, 0.25) is 11.7 Å². The van der Waals surface area contributed by atoms with Gasteiger partial charge in [0.1, 0.15) is 25.8 Å². The highest BCUT2D eigenvalue weighted by molar-refractivity contribution is 5.92. The van der Waals surface area contributed by atoms with E-state index in [0.29, 0.717) is 30.5 Å². The molecule has 28 heavy (non-hydrogen) atoms. The third kappa shape index (κ3) is 5.04. The van der Waals surface area contributed by atoms with E-state index < -0.39 is 0 Å². The number of nitrogens with one attached hydrogen (secondary N) is 2. The van der Waals surface area contributed by atoms with Crippen molar-refractivity contribution in [2.24, 2.45) is 0 Å². The first-order valence-electron chi connectivity index (χ1n) is 9.37. The zero-order valence-electron chi connectivity index (χ0n) is 16.5. The molecule has 0 unspecified atom stereocenters. The molecule has 148 valence electrons. The Morgan fingerprint density at radius 2 is 1.96 bits per heavy atom. The summed E-state index contributed by atoms with van der Waals surface area (Å²) in [5, 5.41) is 3.09. The molecular formula is C22H27N2O4+. The van der Waals surface area contributed by atoms with E-state index in [1.54, 1.807) is 13.2 Å². The molecule has 6 heteroatoms. The van der Waals surface area contributed by atoms with Gasteiger partial charge in [0.25, 0.3) is 0 Å². The normalized spacial score (nSPS) is 14.1. The summed E-state index contributed by atoms with van der Waals surface area (Å²) < 4.78 is 16.6. The van der Waals surface area contributed by atoms with Gasteiger partial charge in [-0.15, -0.1) is 0 Å². The maximum absolute atomic E-state index is 12.5. The zero-order chi connectivity index (χ0) is 19.9. The number of fused-ring (bicyclic) bond motifs is 1. The molecule has 1 aliphatic heterocycles. The van der Waals surface area contributed by atoms with Crippen molar-refractivity contribution in [2.45, 2.75) is 6.04 Å². The van der Waals surface area contributed by atoms with Crippen molar-refractivity contribution >= 4 is 12.0 Å². The Morgan fingerprint density at radius 1 is 1.21 bits per heavy atom. The third-order valence-corrected chi connectivity index (χ3v) is 4.41. The van der Waals surface area contributed by atoms with Crippen LogP contribution in [-0.4, -0.2) is 46.9 Å². The maximum atomic E-state index is 12.5. The smallest absolute Gasteiger partial charge is 0.244 e. The summed E-state index contributed by atoms with van der Waals surface area (Å²) in [7, 11) is 5.72. The van der Waals surface area contributed by atoms with Gasteiger partial charge in [0.05, 0.1) is 21.2 Å². The average Bonchev–Trinajstić information content (AvgIpc) is 2.71. The summed E-state index contributed by atoms with van der Waals surface area (Å²) >= 11 is 0.